The third-order valence-corrected chi connectivity index (χ3v) is 3.76. The zero-order valence-corrected chi connectivity index (χ0v) is 16.6. The van der Waals surface area contributed by atoms with Gasteiger partial charge in [0.1, 0.15) is 0 Å². The van der Waals surface area contributed by atoms with Gasteiger partial charge in [0.2, 0.25) is 5.91 Å². The van der Waals surface area contributed by atoms with Gasteiger partial charge in [0, 0.05) is 11.3 Å². The molecule has 0 unspecified atom stereocenters. The molecule has 8 heteroatoms. The predicted octanol–water partition coefficient (Wildman–Crippen LogP) is 2.62. The molecule has 0 aromatic heterocycles. The first-order valence-electron chi connectivity index (χ1n) is 8.97. The number of ether oxygens (including phenoxy) is 3. The molecule has 0 bridgehead atoms. The van der Waals surface area contributed by atoms with E-state index in [1.807, 2.05) is 13.8 Å². The summed E-state index contributed by atoms with van der Waals surface area (Å²) < 4.78 is 15.9. The maximum atomic E-state index is 12.2. The van der Waals surface area contributed by atoms with Crippen LogP contribution in [0.15, 0.2) is 42.5 Å². The molecule has 8 nitrogen and oxygen atoms in total. The lowest BCUT2D eigenvalue weighted by atomic mass is 10.2. The first-order chi connectivity index (χ1) is 13.8. The minimum Gasteiger partial charge on any atom is -0.493 e. The molecule has 0 saturated carbocycles. The van der Waals surface area contributed by atoms with E-state index in [0.717, 1.165) is 0 Å². The van der Waals surface area contributed by atoms with Gasteiger partial charge in [-0.3, -0.25) is 9.59 Å². The van der Waals surface area contributed by atoms with E-state index in [1.54, 1.807) is 12.1 Å². The Labute approximate surface area is 168 Å². The molecular formula is C21H24N2O6. The van der Waals surface area contributed by atoms with Crippen LogP contribution in [0.5, 0.6) is 11.5 Å². The summed E-state index contributed by atoms with van der Waals surface area (Å²) in [5.74, 6) is -0.483. The van der Waals surface area contributed by atoms with E-state index in [-0.39, 0.29) is 5.56 Å². The summed E-state index contributed by atoms with van der Waals surface area (Å²) >= 11 is 0. The van der Waals surface area contributed by atoms with Gasteiger partial charge in [-0.25, -0.2) is 4.79 Å². The standard InChI is InChI=1S/C21H24N2O6/c1-13(2)11-28-17-9-6-15(10-18(17)27-3)21(26)29-12-19(24)23-16-7-4-14(5-8-16)20(22)25/h4-10,13H,11-12H2,1-3H3,(H2,22,25)(H,23,24). The molecule has 0 heterocycles. The third-order valence-electron chi connectivity index (χ3n) is 3.76. The SMILES string of the molecule is COc1cc(C(=O)OCC(=O)Nc2ccc(C(N)=O)cc2)ccc1OCC(C)C. The van der Waals surface area contributed by atoms with Crippen LogP contribution in [0.1, 0.15) is 34.6 Å². The second kappa shape index (κ2) is 10.1. The van der Waals surface area contributed by atoms with Gasteiger partial charge in [-0.15, -0.1) is 0 Å². The molecule has 0 aliphatic heterocycles. The molecule has 0 aliphatic carbocycles. The van der Waals surface area contributed by atoms with Gasteiger partial charge in [-0.1, -0.05) is 13.8 Å². The van der Waals surface area contributed by atoms with Crippen LogP contribution in [0.2, 0.25) is 0 Å². The number of methoxy groups -OCH3 is 1. The number of rotatable bonds is 9. The number of amides is 2. The lowest BCUT2D eigenvalue weighted by Crippen LogP contribution is -2.21. The lowest BCUT2D eigenvalue weighted by Gasteiger charge is -2.13. The second-order valence-electron chi connectivity index (χ2n) is 6.64. The van der Waals surface area contributed by atoms with Crippen LogP contribution in [-0.2, 0) is 9.53 Å². The minimum atomic E-state index is -0.669. The van der Waals surface area contributed by atoms with Gasteiger partial charge >= 0.3 is 5.97 Å². The summed E-state index contributed by atoms with van der Waals surface area (Å²) in [6.45, 7) is 4.09. The van der Waals surface area contributed by atoms with E-state index in [2.05, 4.69) is 5.32 Å². The van der Waals surface area contributed by atoms with Crippen LogP contribution in [0.3, 0.4) is 0 Å². The van der Waals surface area contributed by atoms with Crippen molar-refractivity contribution < 1.29 is 28.6 Å². The predicted molar refractivity (Wildman–Crippen MR) is 107 cm³/mol. The normalized spacial score (nSPS) is 10.3. The number of esters is 1. The Morgan fingerprint density at radius 2 is 1.66 bits per heavy atom. The molecule has 0 spiro atoms. The highest BCUT2D eigenvalue weighted by Gasteiger charge is 2.14. The van der Waals surface area contributed by atoms with Crippen molar-refractivity contribution in [2.45, 2.75) is 13.8 Å². The summed E-state index contributed by atoms with van der Waals surface area (Å²) in [5.41, 5.74) is 6.17. The largest absolute Gasteiger partial charge is 0.493 e. The average Bonchev–Trinajstić information content (AvgIpc) is 2.70. The number of nitrogens with one attached hydrogen (secondary N) is 1. The lowest BCUT2D eigenvalue weighted by molar-refractivity contribution is -0.119. The Bertz CT molecular complexity index is 877. The fraction of sp³-hybridized carbons (Fsp3) is 0.286. The zero-order valence-electron chi connectivity index (χ0n) is 16.6. The second-order valence-corrected chi connectivity index (χ2v) is 6.64. The van der Waals surface area contributed by atoms with Gasteiger partial charge < -0.3 is 25.3 Å². The summed E-state index contributed by atoms with van der Waals surface area (Å²) in [5, 5.41) is 2.56. The molecule has 2 amide bonds. The molecule has 0 fully saturated rings. The van der Waals surface area contributed by atoms with E-state index in [4.69, 9.17) is 19.9 Å². The number of carbonyl (C=O) groups is 3. The first kappa shape index (κ1) is 21.7. The van der Waals surface area contributed by atoms with Gasteiger partial charge in [-0.05, 0) is 48.4 Å². The topological polar surface area (TPSA) is 117 Å². The van der Waals surface area contributed by atoms with Crippen molar-refractivity contribution in [3.8, 4) is 11.5 Å². The summed E-state index contributed by atoms with van der Waals surface area (Å²) in [6.07, 6.45) is 0. The summed E-state index contributed by atoms with van der Waals surface area (Å²) in [4.78, 5) is 35.2. The number of carbonyl (C=O) groups excluding carboxylic acids is 3. The number of hydrogen-bond donors (Lipinski definition) is 2. The molecular weight excluding hydrogens is 376 g/mol. The number of hydrogen-bond acceptors (Lipinski definition) is 6. The molecule has 0 atom stereocenters. The average molecular weight is 400 g/mol. The molecule has 154 valence electrons. The minimum absolute atomic E-state index is 0.234. The molecule has 29 heavy (non-hydrogen) atoms. The molecule has 0 saturated heterocycles. The van der Waals surface area contributed by atoms with Crippen molar-refractivity contribution in [1.29, 1.82) is 0 Å². The maximum absolute atomic E-state index is 12.2. The quantitative estimate of drug-likeness (QED) is 0.625. The number of anilines is 1. The van der Waals surface area contributed by atoms with Crippen LogP contribution >= 0.6 is 0 Å². The fourth-order valence-electron chi connectivity index (χ4n) is 2.30. The maximum Gasteiger partial charge on any atom is 0.338 e. The third kappa shape index (κ3) is 6.53. The number of benzene rings is 2. The zero-order chi connectivity index (χ0) is 21.4. The smallest absolute Gasteiger partial charge is 0.338 e. The highest BCUT2D eigenvalue weighted by molar-refractivity contribution is 5.97. The highest BCUT2D eigenvalue weighted by atomic mass is 16.5. The molecule has 2 aromatic rings. The Morgan fingerprint density at radius 1 is 1.00 bits per heavy atom. The Balaban J connectivity index is 1.92. The summed E-state index contributed by atoms with van der Waals surface area (Å²) in [7, 11) is 1.48. The van der Waals surface area contributed by atoms with E-state index < -0.39 is 24.4 Å². The van der Waals surface area contributed by atoms with Crippen molar-refractivity contribution >= 4 is 23.5 Å². The highest BCUT2D eigenvalue weighted by Crippen LogP contribution is 2.28. The van der Waals surface area contributed by atoms with E-state index >= 15 is 0 Å². The van der Waals surface area contributed by atoms with Gasteiger partial charge in [-0.2, -0.15) is 0 Å². The Morgan fingerprint density at radius 3 is 2.24 bits per heavy atom. The first-order valence-corrected chi connectivity index (χ1v) is 8.97. The van der Waals surface area contributed by atoms with Crippen LogP contribution in [0.4, 0.5) is 5.69 Å². The summed E-state index contributed by atoms with van der Waals surface area (Å²) in [6, 6.07) is 10.7. The van der Waals surface area contributed by atoms with Crippen molar-refractivity contribution in [2.75, 3.05) is 25.6 Å². The molecule has 2 aromatic carbocycles. The van der Waals surface area contributed by atoms with Crippen LogP contribution in [0.25, 0.3) is 0 Å². The monoisotopic (exact) mass is 400 g/mol. The van der Waals surface area contributed by atoms with Crippen LogP contribution < -0.4 is 20.5 Å². The number of nitrogens with two attached hydrogens (primary N) is 1. The van der Waals surface area contributed by atoms with Gasteiger partial charge in [0.25, 0.3) is 5.91 Å². The molecule has 2 rings (SSSR count). The Hall–Kier alpha value is -3.55. The molecule has 3 N–H and O–H groups in total. The van der Waals surface area contributed by atoms with E-state index in [1.165, 1.54) is 37.4 Å². The van der Waals surface area contributed by atoms with Crippen LogP contribution in [0, 0.1) is 5.92 Å². The van der Waals surface area contributed by atoms with Crippen molar-refractivity contribution in [3.05, 3.63) is 53.6 Å². The van der Waals surface area contributed by atoms with E-state index in [9.17, 15) is 14.4 Å². The molecule has 0 aliphatic rings. The van der Waals surface area contributed by atoms with Crippen LogP contribution in [-0.4, -0.2) is 38.1 Å². The fourth-order valence-corrected chi connectivity index (χ4v) is 2.30. The van der Waals surface area contributed by atoms with Gasteiger partial charge in [0.05, 0.1) is 19.3 Å². The van der Waals surface area contributed by atoms with Crippen molar-refractivity contribution in [3.63, 3.8) is 0 Å². The Kier molecular flexibility index (Phi) is 7.59. The van der Waals surface area contributed by atoms with Crippen molar-refractivity contribution in [2.24, 2.45) is 11.7 Å². The molecule has 0 radical (unpaired) electrons. The van der Waals surface area contributed by atoms with E-state index in [0.29, 0.717) is 35.3 Å². The van der Waals surface area contributed by atoms with Gasteiger partial charge in [0.15, 0.2) is 18.1 Å². The van der Waals surface area contributed by atoms with Crippen molar-refractivity contribution in [1.82, 2.24) is 0 Å². The number of primary amides is 1.